The van der Waals surface area contributed by atoms with Gasteiger partial charge in [0.15, 0.2) is 0 Å². The van der Waals surface area contributed by atoms with Crippen molar-refractivity contribution in [3.05, 3.63) is 28.6 Å². The Balaban J connectivity index is 2.24. The van der Waals surface area contributed by atoms with Gasteiger partial charge in [-0.15, -0.1) is 0 Å². The molecule has 0 aromatic carbocycles. The first-order valence-corrected chi connectivity index (χ1v) is 7.64. The van der Waals surface area contributed by atoms with Crippen molar-refractivity contribution in [1.82, 2.24) is 4.98 Å². The van der Waals surface area contributed by atoms with Crippen molar-refractivity contribution in [2.45, 2.75) is 60.8 Å². The second-order valence-corrected chi connectivity index (χ2v) is 7.51. The van der Waals surface area contributed by atoms with Crippen molar-refractivity contribution in [2.24, 2.45) is 17.3 Å². The molecule has 0 radical (unpaired) electrons. The summed E-state index contributed by atoms with van der Waals surface area (Å²) in [5.41, 5.74) is 6.01. The molecule has 0 saturated heterocycles. The van der Waals surface area contributed by atoms with Crippen molar-refractivity contribution >= 4 is 6.08 Å². The molecule has 0 spiro atoms. The van der Waals surface area contributed by atoms with Gasteiger partial charge in [0.25, 0.3) is 0 Å². The van der Waals surface area contributed by atoms with E-state index in [0.717, 1.165) is 11.8 Å². The van der Waals surface area contributed by atoms with Gasteiger partial charge >= 0.3 is 0 Å². The monoisotopic (exact) mass is 259 g/mol. The fourth-order valence-corrected chi connectivity index (χ4v) is 3.25. The molecule has 1 N–H and O–H groups in total. The molecule has 1 heterocycles. The van der Waals surface area contributed by atoms with Gasteiger partial charge < -0.3 is 4.98 Å². The maximum atomic E-state index is 3.49. The number of H-pyrrole nitrogens is 1. The summed E-state index contributed by atoms with van der Waals surface area (Å²) in [6.07, 6.45) is 6.41. The molecule has 1 aromatic rings. The molecule has 0 amide bonds. The van der Waals surface area contributed by atoms with Gasteiger partial charge in [-0.2, -0.15) is 0 Å². The fraction of sp³-hybridized carbons (Fsp3) is 0.667. The summed E-state index contributed by atoms with van der Waals surface area (Å²) >= 11 is 0. The highest BCUT2D eigenvalue weighted by Crippen LogP contribution is 2.42. The average Bonchev–Trinajstić information content (AvgIpc) is 2.59. The molecular formula is C18H29N. The Morgan fingerprint density at radius 2 is 1.89 bits per heavy atom. The summed E-state index contributed by atoms with van der Waals surface area (Å²) in [6, 6.07) is 2.24. The predicted octanol–water partition coefficient (Wildman–Crippen LogP) is 5.50. The van der Waals surface area contributed by atoms with E-state index in [1.165, 1.54) is 36.2 Å². The van der Waals surface area contributed by atoms with Crippen LogP contribution in [0.2, 0.25) is 0 Å². The second kappa shape index (κ2) is 5.19. The SMILES string of the molecule is Cc1cc(C)c(/C=C2/CC(C(C)(C)C)CCC2C)[nH]1. The van der Waals surface area contributed by atoms with Crippen molar-refractivity contribution < 1.29 is 0 Å². The van der Waals surface area contributed by atoms with Crippen molar-refractivity contribution in [3.63, 3.8) is 0 Å². The summed E-state index contributed by atoms with van der Waals surface area (Å²) in [7, 11) is 0. The van der Waals surface area contributed by atoms with Gasteiger partial charge in [0, 0.05) is 11.4 Å². The summed E-state index contributed by atoms with van der Waals surface area (Å²) in [5, 5.41) is 0. The highest BCUT2D eigenvalue weighted by Gasteiger charge is 2.30. The Morgan fingerprint density at radius 3 is 2.42 bits per heavy atom. The smallest absolute Gasteiger partial charge is 0.0411 e. The van der Waals surface area contributed by atoms with Crippen LogP contribution in [0.3, 0.4) is 0 Å². The Morgan fingerprint density at radius 1 is 1.21 bits per heavy atom. The third kappa shape index (κ3) is 3.32. The molecule has 2 atom stereocenters. The van der Waals surface area contributed by atoms with Crippen LogP contribution in [0.15, 0.2) is 11.6 Å². The molecule has 1 aliphatic rings. The van der Waals surface area contributed by atoms with Crippen LogP contribution in [0.4, 0.5) is 0 Å². The van der Waals surface area contributed by atoms with Crippen LogP contribution in [-0.4, -0.2) is 4.98 Å². The largest absolute Gasteiger partial charge is 0.359 e. The minimum absolute atomic E-state index is 0.430. The molecular weight excluding hydrogens is 230 g/mol. The van der Waals surface area contributed by atoms with Gasteiger partial charge in [-0.3, -0.25) is 0 Å². The minimum atomic E-state index is 0.430. The summed E-state index contributed by atoms with van der Waals surface area (Å²) in [4.78, 5) is 3.49. The van der Waals surface area contributed by atoms with Gasteiger partial charge in [-0.05, 0) is 68.1 Å². The predicted molar refractivity (Wildman–Crippen MR) is 84.2 cm³/mol. The van der Waals surface area contributed by atoms with E-state index in [0.29, 0.717) is 5.41 Å². The summed E-state index contributed by atoms with van der Waals surface area (Å²) in [6.45, 7) is 13.9. The molecule has 106 valence electrons. The van der Waals surface area contributed by atoms with Gasteiger partial charge in [0.05, 0.1) is 0 Å². The highest BCUT2D eigenvalue weighted by atomic mass is 14.7. The summed E-state index contributed by atoms with van der Waals surface area (Å²) in [5.74, 6) is 1.56. The number of aromatic amines is 1. The summed E-state index contributed by atoms with van der Waals surface area (Å²) < 4.78 is 0. The van der Waals surface area contributed by atoms with Crippen LogP contribution in [-0.2, 0) is 0 Å². The fourth-order valence-electron chi connectivity index (χ4n) is 3.25. The lowest BCUT2D eigenvalue weighted by Gasteiger charge is -2.37. The molecule has 1 nitrogen and oxygen atoms in total. The van der Waals surface area contributed by atoms with Crippen LogP contribution < -0.4 is 0 Å². The average molecular weight is 259 g/mol. The van der Waals surface area contributed by atoms with E-state index in [-0.39, 0.29) is 0 Å². The first-order valence-electron chi connectivity index (χ1n) is 7.64. The van der Waals surface area contributed by atoms with Crippen molar-refractivity contribution in [2.75, 3.05) is 0 Å². The van der Waals surface area contributed by atoms with Crippen LogP contribution in [0, 0.1) is 31.1 Å². The van der Waals surface area contributed by atoms with Crippen LogP contribution in [0.5, 0.6) is 0 Å². The zero-order chi connectivity index (χ0) is 14.2. The van der Waals surface area contributed by atoms with E-state index in [2.05, 4.69) is 58.7 Å². The number of aryl methyl sites for hydroxylation is 2. The molecule has 1 saturated carbocycles. The first kappa shape index (κ1) is 14.4. The molecule has 2 rings (SSSR count). The van der Waals surface area contributed by atoms with Crippen LogP contribution in [0.1, 0.15) is 63.9 Å². The van der Waals surface area contributed by atoms with Crippen molar-refractivity contribution in [1.29, 1.82) is 0 Å². The topological polar surface area (TPSA) is 15.8 Å². The molecule has 1 fully saturated rings. The van der Waals surface area contributed by atoms with E-state index >= 15 is 0 Å². The van der Waals surface area contributed by atoms with E-state index < -0.39 is 0 Å². The maximum absolute atomic E-state index is 3.49. The van der Waals surface area contributed by atoms with E-state index in [9.17, 15) is 0 Å². The van der Waals surface area contributed by atoms with Gasteiger partial charge in [0.1, 0.15) is 0 Å². The first-order chi connectivity index (χ1) is 8.77. The number of aromatic nitrogens is 1. The number of hydrogen-bond donors (Lipinski definition) is 1. The second-order valence-electron chi connectivity index (χ2n) is 7.51. The normalized spacial score (nSPS) is 26.9. The molecule has 19 heavy (non-hydrogen) atoms. The zero-order valence-electron chi connectivity index (χ0n) is 13.4. The number of rotatable bonds is 1. The zero-order valence-corrected chi connectivity index (χ0v) is 13.4. The van der Waals surface area contributed by atoms with Gasteiger partial charge in [-0.25, -0.2) is 0 Å². The lowest BCUT2D eigenvalue weighted by molar-refractivity contribution is 0.189. The lowest BCUT2D eigenvalue weighted by atomic mass is 9.68. The maximum Gasteiger partial charge on any atom is 0.0411 e. The third-order valence-electron chi connectivity index (χ3n) is 4.81. The highest BCUT2D eigenvalue weighted by molar-refractivity contribution is 5.54. The Bertz CT molecular complexity index is 470. The molecule has 1 aliphatic carbocycles. The van der Waals surface area contributed by atoms with Gasteiger partial charge in [-0.1, -0.05) is 33.3 Å². The number of hydrogen-bond acceptors (Lipinski definition) is 0. The number of allylic oxidation sites excluding steroid dienone is 1. The van der Waals surface area contributed by atoms with E-state index in [4.69, 9.17) is 0 Å². The molecule has 1 aromatic heterocycles. The van der Waals surface area contributed by atoms with Crippen molar-refractivity contribution in [3.8, 4) is 0 Å². The Hall–Kier alpha value is -0.980. The van der Waals surface area contributed by atoms with Gasteiger partial charge in [0.2, 0.25) is 0 Å². The standard InChI is InChI=1S/C18H29N/c1-12-7-8-16(18(4,5)6)10-15(12)11-17-13(2)9-14(3)19-17/h9,11-12,16,19H,7-8,10H2,1-6H3/b15-11-. The lowest BCUT2D eigenvalue weighted by Crippen LogP contribution is -2.26. The van der Waals surface area contributed by atoms with Crippen LogP contribution in [0.25, 0.3) is 6.08 Å². The van der Waals surface area contributed by atoms with E-state index in [1.807, 2.05) is 0 Å². The van der Waals surface area contributed by atoms with E-state index in [1.54, 1.807) is 5.57 Å². The molecule has 2 unspecified atom stereocenters. The number of nitrogens with one attached hydrogen (secondary N) is 1. The molecule has 0 bridgehead atoms. The Kier molecular flexibility index (Phi) is 3.94. The Labute approximate surface area is 118 Å². The third-order valence-corrected chi connectivity index (χ3v) is 4.81. The molecule has 1 heteroatoms. The quantitative estimate of drug-likeness (QED) is 0.685. The van der Waals surface area contributed by atoms with Crippen LogP contribution >= 0.6 is 0 Å². The minimum Gasteiger partial charge on any atom is -0.359 e. The molecule has 0 aliphatic heterocycles.